The second-order valence-electron chi connectivity index (χ2n) is 5.99. The monoisotopic (exact) mass is 527 g/mol. The average molecular weight is 529 g/mol. The van der Waals surface area contributed by atoms with Crippen LogP contribution in [-0.2, 0) is 9.53 Å². The van der Waals surface area contributed by atoms with E-state index in [2.05, 4.69) is 21.2 Å². The molecule has 0 spiro atoms. The first kappa shape index (κ1) is 22.6. The minimum atomic E-state index is -0.509. The molecule has 0 saturated carbocycles. The Labute approximate surface area is 196 Å². The molecule has 1 heterocycles. The van der Waals surface area contributed by atoms with Crippen LogP contribution in [0.25, 0.3) is 11.1 Å². The number of hydrogen-bond donors (Lipinski definition) is 1. The molecule has 9 heteroatoms. The van der Waals surface area contributed by atoms with Crippen LogP contribution in [0.2, 0.25) is 10.0 Å². The number of benzene rings is 2. The second kappa shape index (κ2) is 10.3. The lowest BCUT2D eigenvalue weighted by atomic mass is 10.0. The highest BCUT2D eigenvalue weighted by molar-refractivity contribution is 9.10. The van der Waals surface area contributed by atoms with Gasteiger partial charge in [-0.3, -0.25) is 4.79 Å². The molecule has 0 bridgehead atoms. The molecule has 1 N–H and O–H groups in total. The summed E-state index contributed by atoms with van der Waals surface area (Å²) in [6.45, 7) is 1.65. The Kier molecular flexibility index (Phi) is 7.77. The zero-order valence-corrected chi connectivity index (χ0v) is 19.6. The number of ether oxygens (including phenoxy) is 2. The fourth-order valence-corrected chi connectivity index (χ4v) is 4.16. The second-order valence-corrected chi connectivity index (χ2v) is 8.63. The van der Waals surface area contributed by atoms with Gasteiger partial charge in [0.2, 0.25) is 0 Å². The predicted octanol–water partition coefficient (Wildman–Crippen LogP) is 6.68. The molecule has 3 aromatic rings. The van der Waals surface area contributed by atoms with Gasteiger partial charge in [-0.1, -0.05) is 51.3 Å². The topological polar surface area (TPSA) is 64.6 Å². The fourth-order valence-electron chi connectivity index (χ4n) is 2.59. The van der Waals surface area contributed by atoms with Crippen LogP contribution in [0.1, 0.15) is 17.3 Å². The van der Waals surface area contributed by atoms with Crippen molar-refractivity contribution in [2.45, 2.75) is 6.92 Å². The molecule has 0 aliphatic rings. The van der Waals surface area contributed by atoms with Crippen LogP contribution in [0.4, 0.5) is 5.00 Å². The molecule has 0 aliphatic heterocycles. The molecular formula is C21H16BrCl2NO4S. The van der Waals surface area contributed by atoms with Gasteiger partial charge in [-0.2, -0.15) is 0 Å². The van der Waals surface area contributed by atoms with E-state index in [0.29, 0.717) is 31.9 Å². The average Bonchev–Trinajstić information content (AvgIpc) is 3.13. The van der Waals surface area contributed by atoms with Crippen molar-refractivity contribution in [1.82, 2.24) is 0 Å². The van der Waals surface area contributed by atoms with Gasteiger partial charge >= 0.3 is 5.97 Å². The molecule has 0 fully saturated rings. The number of amides is 1. The Hall–Kier alpha value is -2.06. The third kappa shape index (κ3) is 5.55. The van der Waals surface area contributed by atoms with Crippen molar-refractivity contribution < 1.29 is 19.1 Å². The summed E-state index contributed by atoms with van der Waals surface area (Å²) in [4.78, 5) is 25.0. The quantitative estimate of drug-likeness (QED) is 0.347. The van der Waals surface area contributed by atoms with Gasteiger partial charge in [-0.15, -0.1) is 11.3 Å². The Balaban J connectivity index is 1.80. The van der Waals surface area contributed by atoms with E-state index in [1.54, 1.807) is 24.4 Å². The maximum Gasteiger partial charge on any atom is 0.341 e. The van der Waals surface area contributed by atoms with Gasteiger partial charge in [0.1, 0.15) is 16.3 Å². The third-order valence-electron chi connectivity index (χ3n) is 3.93. The molecule has 0 saturated heterocycles. The number of carbonyl (C=O) groups excluding carboxylic acids is 2. The van der Waals surface area contributed by atoms with Gasteiger partial charge in [0.25, 0.3) is 5.91 Å². The maximum absolute atomic E-state index is 12.6. The molecule has 0 atom stereocenters. The van der Waals surface area contributed by atoms with Crippen LogP contribution in [0.3, 0.4) is 0 Å². The van der Waals surface area contributed by atoms with Crippen molar-refractivity contribution in [3.63, 3.8) is 0 Å². The normalized spacial score (nSPS) is 10.5. The fraction of sp³-hybridized carbons (Fsp3) is 0.143. The van der Waals surface area contributed by atoms with E-state index in [1.807, 2.05) is 24.3 Å². The summed E-state index contributed by atoms with van der Waals surface area (Å²) in [6, 6.07) is 12.2. The summed E-state index contributed by atoms with van der Waals surface area (Å²) >= 11 is 16.6. The standard InChI is InChI=1S/C21H16BrCl2NO4S/c1-2-28-21(27)19-15(12-3-5-13(22)6-4-12)11-30-20(19)25-18(26)10-29-17-9-14(23)7-8-16(17)24/h3-9,11H,2,10H2,1H3,(H,25,26). The smallest absolute Gasteiger partial charge is 0.341 e. The van der Waals surface area contributed by atoms with E-state index >= 15 is 0 Å². The van der Waals surface area contributed by atoms with Crippen molar-refractivity contribution in [3.8, 4) is 16.9 Å². The summed E-state index contributed by atoms with van der Waals surface area (Å²) in [7, 11) is 0. The van der Waals surface area contributed by atoms with Gasteiger partial charge < -0.3 is 14.8 Å². The number of anilines is 1. The lowest BCUT2D eigenvalue weighted by molar-refractivity contribution is -0.118. The predicted molar refractivity (Wildman–Crippen MR) is 124 cm³/mol. The van der Waals surface area contributed by atoms with Gasteiger partial charge in [0.15, 0.2) is 6.61 Å². The number of nitrogens with one attached hydrogen (secondary N) is 1. The van der Waals surface area contributed by atoms with Crippen molar-refractivity contribution in [1.29, 1.82) is 0 Å². The number of halogens is 3. The molecule has 1 amide bonds. The molecule has 0 aliphatic carbocycles. The highest BCUT2D eigenvalue weighted by Crippen LogP contribution is 2.37. The van der Waals surface area contributed by atoms with E-state index in [4.69, 9.17) is 32.7 Å². The van der Waals surface area contributed by atoms with Crippen molar-refractivity contribution in [3.05, 3.63) is 67.9 Å². The van der Waals surface area contributed by atoms with Crippen LogP contribution in [0.5, 0.6) is 5.75 Å². The number of hydrogen-bond acceptors (Lipinski definition) is 5. The molecule has 30 heavy (non-hydrogen) atoms. The highest BCUT2D eigenvalue weighted by atomic mass is 79.9. The number of thiophene rings is 1. The summed E-state index contributed by atoms with van der Waals surface area (Å²) in [5.41, 5.74) is 1.82. The molecule has 156 valence electrons. The summed E-state index contributed by atoms with van der Waals surface area (Å²) in [5.74, 6) is -0.654. The van der Waals surface area contributed by atoms with Crippen molar-refractivity contribution >= 4 is 67.3 Å². The van der Waals surface area contributed by atoms with Crippen molar-refractivity contribution in [2.75, 3.05) is 18.5 Å². The van der Waals surface area contributed by atoms with Crippen LogP contribution in [0.15, 0.2) is 52.3 Å². The SMILES string of the molecule is CCOC(=O)c1c(-c2ccc(Br)cc2)csc1NC(=O)COc1cc(Cl)ccc1Cl. The molecule has 5 nitrogen and oxygen atoms in total. The zero-order valence-electron chi connectivity index (χ0n) is 15.7. The Bertz CT molecular complexity index is 1070. The van der Waals surface area contributed by atoms with Crippen LogP contribution in [0, 0.1) is 0 Å². The molecule has 0 radical (unpaired) electrons. The number of rotatable bonds is 7. The zero-order chi connectivity index (χ0) is 21.7. The Morgan fingerprint density at radius 2 is 1.87 bits per heavy atom. The largest absolute Gasteiger partial charge is 0.482 e. The third-order valence-corrected chi connectivity index (χ3v) is 5.90. The first-order chi connectivity index (χ1) is 14.4. The van der Waals surface area contributed by atoms with Gasteiger partial charge in [-0.25, -0.2) is 4.79 Å². The molecule has 1 aromatic heterocycles. The number of esters is 1. The minimum Gasteiger partial charge on any atom is -0.482 e. The lowest BCUT2D eigenvalue weighted by Crippen LogP contribution is -2.21. The van der Waals surface area contributed by atoms with Gasteiger partial charge in [-0.05, 0) is 36.8 Å². The van der Waals surface area contributed by atoms with E-state index in [0.717, 1.165) is 10.0 Å². The van der Waals surface area contributed by atoms with Crippen LogP contribution >= 0.6 is 50.5 Å². The number of carbonyl (C=O) groups is 2. The first-order valence-electron chi connectivity index (χ1n) is 8.81. The molecule has 2 aromatic carbocycles. The summed E-state index contributed by atoms with van der Waals surface area (Å²) < 4.78 is 11.6. The van der Waals surface area contributed by atoms with Crippen LogP contribution < -0.4 is 10.1 Å². The Morgan fingerprint density at radius 1 is 1.13 bits per heavy atom. The highest BCUT2D eigenvalue weighted by Gasteiger charge is 2.23. The molecule has 0 unspecified atom stereocenters. The van der Waals surface area contributed by atoms with Gasteiger partial charge in [0.05, 0.1) is 11.6 Å². The van der Waals surface area contributed by atoms with E-state index < -0.39 is 11.9 Å². The first-order valence-corrected chi connectivity index (χ1v) is 11.2. The lowest BCUT2D eigenvalue weighted by Gasteiger charge is -2.10. The van der Waals surface area contributed by atoms with E-state index in [1.165, 1.54) is 17.4 Å². The molecule has 3 rings (SSSR count). The minimum absolute atomic E-state index is 0.220. The summed E-state index contributed by atoms with van der Waals surface area (Å²) in [6.07, 6.45) is 0. The Morgan fingerprint density at radius 3 is 2.57 bits per heavy atom. The van der Waals surface area contributed by atoms with Crippen molar-refractivity contribution in [2.24, 2.45) is 0 Å². The maximum atomic E-state index is 12.6. The van der Waals surface area contributed by atoms with E-state index in [-0.39, 0.29) is 13.2 Å². The van der Waals surface area contributed by atoms with E-state index in [9.17, 15) is 9.59 Å². The summed E-state index contributed by atoms with van der Waals surface area (Å²) in [5, 5.41) is 5.70. The van der Waals surface area contributed by atoms with Crippen LogP contribution in [-0.4, -0.2) is 25.1 Å². The molecular weight excluding hydrogens is 513 g/mol. The van der Waals surface area contributed by atoms with Gasteiger partial charge in [0, 0.05) is 26.5 Å².